The molecule has 104 valence electrons. The molecule has 1 saturated carbocycles. The van der Waals surface area contributed by atoms with E-state index in [1.54, 1.807) is 25.3 Å². The average molecular weight is 262 g/mol. The summed E-state index contributed by atoms with van der Waals surface area (Å²) in [7, 11) is 1.55. The van der Waals surface area contributed by atoms with Gasteiger partial charge in [0.2, 0.25) is 0 Å². The average Bonchev–Trinajstić information content (AvgIpc) is 3.17. The Kier molecular flexibility index (Phi) is 3.69. The Morgan fingerprint density at radius 2 is 2.16 bits per heavy atom. The zero-order chi connectivity index (χ0) is 14.0. The second-order valence-electron chi connectivity index (χ2n) is 5.66. The maximum atomic E-state index is 12.2. The van der Waals surface area contributed by atoms with E-state index in [1.165, 1.54) is 12.8 Å². The minimum atomic E-state index is -0.115. The lowest BCUT2D eigenvalue weighted by molar-refractivity contribution is 0.0937. The zero-order valence-corrected chi connectivity index (χ0v) is 11.8. The molecule has 4 heteroatoms. The van der Waals surface area contributed by atoms with Crippen LogP contribution >= 0.6 is 0 Å². The molecule has 0 unspecified atom stereocenters. The normalized spacial score (nSPS) is 16.2. The van der Waals surface area contributed by atoms with Gasteiger partial charge in [0.25, 0.3) is 5.91 Å². The number of hydrogen-bond donors (Lipinski definition) is 2. The van der Waals surface area contributed by atoms with Crippen LogP contribution in [0.15, 0.2) is 18.2 Å². The van der Waals surface area contributed by atoms with Gasteiger partial charge in [-0.25, -0.2) is 0 Å². The molecule has 1 fully saturated rings. The highest BCUT2D eigenvalue weighted by Gasteiger charge is 2.45. The van der Waals surface area contributed by atoms with Gasteiger partial charge >= 0.3 is 0 Å². The number of hydrogen-bond acceptors (Lipinski definition) is 3. The van der Waals surface area contributed by atoms with Crippen LogP contribution in [-0.4, -0.2) is 19.6 Å². The number of methoxy groups -OCH3 is 1. The first-order valence-corrected chi connectivity index (χ1v) is 6.70. The van der Waals surface area contributed by atoms with E-state index in [9.17, 15) is 4.79 Å². The molecular weight excluding hydrogens is 240 g/mol. The second kappa shape index (κ2) is 5.11. The Morgan fingerprint density at radius 1 is 1.47 bits per heavy atom. The molecule has 3 N–H and O–H groups in total. The van der Waals surface area contributed by atoms with Crippen LogP contribution in [0, 0.1) is 11.3 Å². The quantitative estimate of drug-likeness (QED) is 0.801. The smallest absolute Gasteiger partial charge is 0.255 e. The van der Waals surface area contributed by atoms with E-state index in [4.69, 9.17) is 10.5 Å². The van der Waals surface area contributed by atoms with Crippen LogP contribution in [0.25, 0.3) is 0 Å². The van der Waals surface area contributed by atoms with Gasteiger partial charge in [-0.2, -0.15) is 0 Å². The van der Waals surface area contributed by atoms with Crippen LogP contribution < -0.4 is 15.8 Å². The van der Waals surface area contributed by atoms with Crippen molar-refractivity contribution < 1.29 is 9.53 Å². The third kappa shape index (κ3) is 2.83. The minimum absolute atomic E-state index is 0.115. The second-order valence-corrected chi connectivity index (χ2v) is 5.66. The summed E-state index contributed by atoms with van der Waals surface area (Å²) < 4.78 is 5.20. The molecular formula is C15H22N2O2. The van der Waals surface area contributed by atoms with Crippen molar-refractivity contribution in [2.75, 3.05) is 19.4 Å². The SMILES string of the molecule is COc1ccc(N)cc1C(=O)NCC1(C(C)C)CC1. The van der Waals surface area contributed by atoms with E-state index in [2.05, 4.69) is 19.2 Å². The fourth-order valence-electron chi connectivity index (χ4n) is 2.37. The van der Waals surface area contributed by atoms with Crippen molar-refractivity contribution in [3.05, 3.63) is 23.8 Å². The number of rotatable bonds is 5. The first-order chi connectivity index (χ1) is 8.98. The minimum Gasteiger partial charge on any atom is -0.496 e. The van der Waals surface area contributed by atoms with Gasteiger partial charge in [0.15, 0.2) is 0 Å². The van der Waals surface area contributed by atoms with Gasteiger partial charge in [0.1, 0.15) is 5.75 Å². The van der Waals surface area contributed by atoms with Crippen LogP contribution in [-0.2, 0) is 0 Å². The fourth-order valence-corrected chi connectivity index (χ4v) is 2.37. The molecule has 1 aliphatic carbocycles. The van der Waals surface area contributed by atoms with Gasteiger partial charge in [-0.15, -0.1) is 0 Å². The topological polar surface area (TPSA) is 64.3 Å². The van der Waals surface area contributed by atoms with E-state index in [0.717, 1.165) is 6.54 Å². The summed E-state index contributed by atoms with van der Waals surface area (Å²) in [6.45, 7) is 5.14. The lowest BCUT2D eigenvalue weighted by atomic mass is 9.92. The molecule has 0 radical (unpaired) electrons. The highest BCUT2D eigenvalue weighted by Crippen LogP contribution is 2.51. The van der Waals surface area contributed by atoms with Gasteiger partial charge in [-0.1, -0.05) is 13.8 Å². The summed E-state index contributed by atoms with van der Waals surface area (Å²) in [4.78, 5) is 12.2. The predicted molar refractivity (Wildman–Crippen MR) is 76.2 cm³/mol. The summed E-state index contributed by atoms with van der Waals surface area (Å²) in [6, 6.07) is 5.11. The standard InChI is InChI=1S/C15H22N2O2/c1-10(2)15(6-7-15)9-17-14(18)12-8-11(16)4-5-13(12)19-3/h4-5,8,10H,6-7,9,16H2,1-3H3,(H,17,18). The van der Waals surface area contributed by atoms with Crippen molar-refractivity contribution in [2.24, 2.45) is 11.3 Å². The highest BCUT2D eigenvalue weighted by atomic mass is 16.5. The van der Waals surface area contributed by atoms with E-state index >= 15 is 0 Å². The summed E-state index contributed by atoms with van der Waals surface area (Å²) in [6.07, 6.45) is 2.39. The first kappa shape index (κ1) is 13.7. The zero-order valence-electron chi connectivity index (χ0n) is 11.8. The van der Waals surface area contributed by atoms with E-state index in [1.807, 2.05) is 0 Å². The Hall–Kier alpha value is -1.71. The van der Waals surface area contributed by atoms with Crippen molar-refractivity contribution in [2.45, 2.75) is 26.7 Å². The van der Waals surface area contributed by atoms with Crippen LogP contribution in [0.2, 0.25) is 0 Å². The summed E-state index contributed by atoms with van der Waals surface area (Å²) in [5, 5.41) is 3.01. The number of anilines is 1. The molecule has 0 heterocycles. The fraction of sp³-hybridized carbons (Fsp3) is 0.533. The lowest BCUT2D eigenvalue weighted by Crippen LogP contribution is -2.32. The summed E-state index contributed by atoms with van der Waals surface area (Å²) >= 11 is 0. The maximum absolute atomic E-state index is 12.2. The van der Waals surface area contributed by atoms with E-state index < -0.39 is 0 Å². The molecule has 19 heavy (non-hydrogen) atoms. The van der Waals surface area contributed by atoms with E-state index in [0.29, 0.717) is 28.3 Å². The Bertz CT molecular complexity index is 479. The number of nitrogen functional groups attached to an aromatic ring is 1. The van der Waals surface area contributed by atoms with Crippen molar-refractivity contribution >= 4 is 11.6 Å². The molecule has 1 aromatic carbocycles. The third-order valence-corrected chi connectivity index (χ3v) is 4.19. The molecule has 0 atom stereocenters. The van der Waals surface area contributed by atoms with Crippen molar-refractivity contribution in [3.63, 3.8) is 0 Å². The summed E-state index contributed by atoms with van der Waals surface area (Å²) in [5.74, 6) is 1.03. The predicted octanol–water partition coefficient (Wildman–Crippen LogP) is 2.44. The molecule has 1 aromatic rings. The number of carbonyl (C=O) groups excluding carboxylic acids is 1. The number of ether oxygens (including phenoxy) is 1. The summed E-state index contributed by atoms with van der Waals surface area (Å²) in [5.41, 5.74) is 7.09. The monoisotopic (exact) mass is 262 g/mol. The molecule has 0 bridgehead atoms. The lowest BCUT2D eigenvalue weighted by Gasteiger charge is -2.20. The van der Waals surface area contributed by atoms with Crippen LogP contribution in [0.3, 0.4) is 0 Å². The molecule has 0 aliphatic heterocycles. The van der Waals surface area contributed by atoms with Crippen molar-refractivity contribution in [3.8, 4) is 5.75 Å². The van der Waals surface area contributed by atoms with Crippen LogP contribution in [0.1, 0.15) is 37.0 Å². The maximum Gasteiger partial charge on any atom is 0.255 e. The largest absolute Gasteiger partial charge is 0.496 e. The number of nitrogens with two attached hydrogens (primary N) is 1. The Labute approximate surface area is 114 Å². The Balaban J connectivity index is 2.06. The van der Waals surface area contributed by atoms with Crippen LogP contribution in [0.5, 0.6) is 5.75 Å². The van der Waals surface area contributed by atoms with Crippen LogP contribution in [0.4, 0.5) is 5.69 Å². The van der Waals surface area contributed by atoms with Gasteiger partial charge in [-0.05, 0) is 42.4 Å². The molecule has 1 aliphatic rings. The highest BCUT2D eigenvalue weighted by molar-refractivity contribution is 5.97. The molecule has 0 saturated heterocycles. The van der Waals surface area contributed by atoms with Crippen molar-refractivity contribution in [1.82, 2.24) is 5.32 Å². The third-order valence-electron chi connectivity index (χ3n) is 4.19. The van der Waals surface area contributed by atoms with Gasteiger partial charge in [0.05, 0.1) is 12.7 Å². The first-order valence-electron chi connectivity index (χ1n) is 6.70. The molecule has 0 aromatic heterocycles. The van der Waals surface area contributed by atoms with Gasteiger partial charge < -0.3 is 15.8 Å². The number of amides is 1. The number of benzene rings is 1. The molecule has 1 amide bonds. The van der Waals surface area contributed by atoms with Gasteiger partial charge in [0, 0.05) is 12.2 Å². The molecule has 2 rings (SSSR count). The molecule has 0 spiro atoms. The van der Waals surface area contributed by atoms with E-state index in [-0.39, 0.29) is 5.91 Å². The Morgan fingerprint density at radius 3 is 2.68 bits per heavy atom. The number of carbonyl (C=O) groups is 1. The van der Waals surface area contributed by atoms with Gasteiger partial charge in [-0.3, -0.25) is 4.79 Å². The molecule has 4 nitrogen and oxygen atoms in total. The van der Waals surface area contributed by atoms with Crippen molar-refractivity contribution in [1.29, 1.82) is 0 Å². The number of nitrogens with one attached hydrogen (secondary N) is 1.